The molecular formula is C15H16O6. The first-order chi connectivity index (χ1) is 10.3. The lowest BCUT2D eigenvalue weighted by molar-refractivity contribution is 0.0595. The summed E-state index contributed by atoms with van der Waals surface area (Å²) in [6, 6.07) is 8.58. The lowest BCUT2D eigenvalue weighted by atomic mass is 10.2. The van der Waals surface area contributed by atoms with Gasteiger partial charge in [-0.15, -0.1) is 0 Å². The minimum Gasteiger partial charge on any atom is -0.487 e. The average Bonchev–Trinajstić information content (AvgIpc) is 2.99. The molecule has 6 nitrogen and oxygen atoms in total. The number of aliphatic hydroxyl groups is 1. The molecule has 0 unspecified atom stereocenters. The molecule has 0 aliphatic carbocycles. The SMILES string of the molecule is COC(=O)c1ccoc1COc1ccccc1OCCO. The van der Waals surface area contributed by atoms with Crippen molar-refractivity contribution in [3.63, 3.8) is 0 Å². The molecule has 6 heteroatoms. The second-order valence-electron chi connectivity index (χ2n) is 4.06. The smallest absolute Gasteiger partial charge is 0.341 e. The van der Waals surface area contributed by atoms with Gasteiger partial charge in [-0.25, -0.2) is 4.79 Å². The number of benzene rings is 1. The minimum atomic E-state index is -0.479. The molecule has 2 rings (SSSR count). The predicted octanol–water partition coefficient (Wildman–Crippen LogP) is 2.02. The second kappa shape index (κ2) is 7.35. The van der Waals surface area contributed by atoms with Gasteiger partial charge in [-0.2, -0.15) is 0 Å². The molecule has 0 fully saturated rings. The van der Waals surface area contributed by atoms with Crippen molar-refractivity contribution < 1.29 is 28.5 Å². The number of carbonyl (C=O) groups excluding carboxylic acids is 1. The first kappa shape index (κ1) is 14.9. The Morgan fingerprint density at radius 2 is 1.90 bits per heavy atom. The fourth-order valence-electron chi connectivity index (χ4n) is 1.73. The van der Waals surface area contributed by atoms with Gasteiger partial charge in [0.2, 0.25) is 0 Å². The number of methoxy groups -OCH3 is 1. The van der Waals surface area contributed by atoms with E-state index in [4.69, 9.17) is 19.0 Å². The van der Waals surface area contributed by atoms with E-state index in [1.165, 1.54) is 19.4 Å². The largest absolute Gasteiger partial charge is 0.487 e. The molecular weight excluding hydrogens is 276 g/mol. The Morgan fingerprint density at radius 3 is 2.57 bits per heavy atom. The van der Waals surface area contributed by atoms with E-state index in [0.717, 1.165) is 0 Å². The molecule has 1 heterocycles. The maximum atomic E-state index is 11.5. The number of para-hydroxylation sites is 2. The van der Waals surface area contributed by atoms with Gasteiger partial charge in [0.1, 0.15) is 18.8 Å². The highest BCUT2D eigenvalue weighted by molar-refractivity contribution is 5.90. The summed E-state index contributed by atoms with van der Waals surface area (Å²) in [4.78, 5) is 11.5. The van der Waals surface area contributed by atoms with Crippen LogP contribution in [0.3, 0.4) is 0 Å². The van der Waals surface area contributed by atoms with Gasteiger partial charge in [0, 0.05) is 0 Å². The Morgan fingerprint density at radius 1 is 1.19 bits per heavy atom. The molecule has 112 valence electrons. The Kier molecular flexibility index (Phi) is 5.22. The van der Waals surface area contributed by atoms with Crippen molar-refractivity contribution in [2.24, 2.45) is 0 Å². The van der Waals surface area contributed by atoms with Crippen LogP contribution in [0.2, 0.25) is 0 Å². The van der Waals surface area contributed by atoms with E-state index in [2.05, 4.69) is 4.74 Å². The van der Waals surface area contributed by atoms with Crippen LogP contribution in [0, 0.1) is 0 Å². The molecule has 0 bridgehead atoms. The Labute approximate surface area is 121 Å². The fourth-order valence-corrected chi connectivity index (χ4v) is 1.73. The highest BCUT2D eigenvalue weighted by Gasteiger charge is 2.16. The molecule has 21 heavy (non-hydrogen) atoms. The molecule has 2 aromatic rings. The van der Waals surface area contributed by atoms with E-state index in [1.54, 1.807) is 24.3 Å². The summed E-state index contributed by atoms with van der Waals surface area (Å²) in [5, 5.41) is 8.79. The fraction of sp³-hybridized carbons (Fsp3) is 0.267. The van der Waals surface area contributed by atoms with Crippen molar-refractivity contribution in [1.29, 1.82) is 0 Å². The monoisotopic (exact) mass is 292 g/mol. The van der Waals surface area contributed by atoms with Crippen LogP contribution in [0.15, 0.2) is 41.0 Å². The normalized spacial score (nSPS) is 10.2. The number of esters is 1. The first-order valence-electron chi connectivity index (χ1n) is 6.36. The van der Waals surface area contributed by atoms with Crippen LogP contribution in [0.5, 0.6) is 11.5 Å². The summed E-state index contributed by atoms with van der Waals surface area (Å²) >= 11 is 0. The van der Waals surface area contributed by atoms with Crippen LogP contribution < -0.4 is 9.47 Å². The summed E-state index contributed by atoms with van der Waals surface area (Å²) < 4.78 is 20.8. The van der Waals surface area contributed by atoms with Gasteiger partial charge < -0.3 is 23.7 Å². The number of hydrogen-bond acceptors (Lipinski definition) is 6. The van der Waals surface area contributed by atoms with Crippen LogP contribution in [-0.2, 0) is 11.3 Å². The van der Waals surface area contributed by atoms with E-state index in [0.29, 0.717) is 22.8 Å². The molecule has 0 amide bonds. The molecule has 1 N–H and O–H groups in total. The van der Waals surface area contributed by atoms with Crippen molar-refractivity contribution >= 4 is 5.97 Å². The van der Waals surface area contributed by atoms with Gasteiger partial charge in [-0.1, -0.05) is 12.1 Å². The average molecular weight is 292 g/mol. The van der Waals surface area contributed by atoms with Gasteiger partial charge in [0.15, 0.2) is 17.3 Å². The molecule has 0 spiro atoms. The van der Waals surface area contributed by atoms with E-state index in [1.807, 2.05) is 0 Å². The summed E-state index contributed by atoms with van der Waals surface area (Å²) in [6.45, 7) is 0.157. The Balaban J connectivity index is 2.06. The van der Waals surface area contributed by atoms with E-state index in [-0.39, 0.29) is 19.8 Å². The zero-order valence-electron chi connectivity index (χ0n) is 11.6. The van der Waals surface area contributed by atoms with Crippen LogP contribution in [-0.4, -0.2) is 31.4 Å². The molecule has 0 saturated heterocycles. The number of ether oxygens (including phenoxy) is 3. The third kappa shape index (κ3) is 3.76. The van der Waals surface area contributed by atoms with Crippen molar-refractivity contribution in [3.05, 3.63) is 47.9 Å². The van der Waals surface area contributed by atoms with Gasteiger partial charge in [-0.05, 0) is 18.2 Å². The maximum absolute atomic E-state index is 11.5. The van der Waals surface area contributed by atoms with Crippen LogP contribution >= 0.6 is 0 Å². The second-order valence-corrected chi connectivity index (χ2v) is 4.06. The van der Waals surface area contributed by atoms with Crippen molar-refractivity contribution in [2.75, 3.05) is 20.3 Å². The topological polar surface area (TPSA) is 78.1 Å². The van der Waals surface area contributed by atoms with Gasteiger partial charge in [0.05, 0.1) is 20.0 Å². The number of rotatable bonds is 7. The third-order valence-corrected chi connectivity index (χ3v) is 2.71. The molecule has 0 aliphatic rings. The molecule has 1 aromatic carbocycles. The van der Waals surface area contributed by atoms with Crippen LogP contribution in [0.1, 0.15) is 16.1 Å². The zero-order chi connectivity index (χ0) is 15.1. The summed E-state index contributed by atoms with van der Waals surface area (Å²) in [5.74, 6) is 0.905. The van der Waals surface area contributed by atoms with E-state index >= 15 is 0 Å². The molecule has 1 aromatic heterocycles. The highest BCUT2D eigenvalue weighted by atomic mass is 16.5. The molecule has 0 saturated carbocycles. The predicted molar refractivity (Wildman–Crippen MR) is 73.4 cm³/mol. The number of aliphatic hydroxyl groups excluding tert-OH is 1. The number of carbonyl (C=O) groups is 1. The molecule has 0 atom stereocenters. The third-order valence-electron chi connectivity index (χ3n) is 2.71. The number of furan rings is 1. The van der Waals surface area contributed by atoms with Gasteiger partial charge in [-0.3, -0.25) is 0 Å². The number of hydrogen-bond donors (Lipinski definition) is 1. The van der Waals surface area contributed by atoms with Gasteiger partial charge >= 0.3 is 5.97 Å². The van der Waals surface area contributed by atoms with E-state index < -0.39 is 5.97 Å². The van der Waals surface area contributed by atoms with Crippen molar-refractivity contribution in [3.8, 4) is 11.5 Å². The first-order valence-corrected chi connectivity index (χ1v) is 6.36. The lowest BCUT2D eigenvalue weighted by Gasteiger charge is -2.11. The van der Waals surface area contributed by atoms with Crippen LogP contribution in [0.4, 0.5) is 0 Å². The van der Waals surface area contributed by atoms with E-state index in [9.17, 15) is 4.79 Å². The van der Waals surface area contributed by atoms with Crippen molar-refractivity contribution in [1.82, 2.24) is 0 Å². The highest BCUT2D eigenvalue weighted by Crippen LogP contribution is 2.27. The molecule has 0 radical (unpaired) electrons. The quantitative estimate of drug-likeness (QED) is 0.787. The Bertz CT molecular complexity index is 589. The summed E-state index contributed by atoms with van der Waals surface area (Å²) in [7, 11) is 1.30. The van der Waals surface area contributed by atoms with Gasteiger partial charge in [0.25, 0.3) is 0 Å². The Hall–Kier alpha value is -2.47. The lowest BCUT2D eigenvalue weighted by Crippen LogP contribution is -2.07. The summed E-state index contributed by atoms with van der Waals surface area (Å²) in [6.07, 6.45) is 1.40. The van der Waals surface area contributed by atoms with Crippen molar-refractivity contribution in [2.45, 2.75) is 6.61 Å². The molecule has 0 aliphatic heterocycles. The van der Waals surface area contributed by atoms with Crippen LogP contribution in [0.25, 0.3) is 0 Å². The standard InChI is InChI=1S/C15H16O6/c1-18-15(17)11-6-8-19-14(11)10-21-13-5-3-2-4-12(13)20-9-7-16/h2-6,8,16H,7,9-10H2,1H3. The maximum Gasteiger partial charge on any atom is 0.341 e. The summed E-state index contributed by atoms with van der Waals surface area (Å²) in [5.41, 5.74) is 0.325. The minimum absolute atomic E-state index is 0.0664. The zero-order valence-corrected chi connectivity index (χ0v) is 11.6.